The van der Waals surface area contributed by atoms with E-state index < -0.39 is 24.2 Å². The van der Waals surface area contributed by atoms with Crippen LogP contribution in [0.3, 0.4) is 0 Å². The van der Waals surface area contributed by atoms with Gasteiger partial charge in [-0.2, -0.15) is 0 Å². The lowest BCUT2D eigenvalue weighted by atomic mass is 9.90. The van der Waals surface area contributed by atoms with Crippen molar-refractivity contribution in [3.63, 3.8) is 0 Å². The molecular formula is C29H33NO5. The Labute approximate surface area is 206 Å². The van der Waals surface area contributed by atoms with Crippen LogP contribution in [0.1, 0.15) is 34.7 Å². The summed E-state index contributed by atoms with van der Waals surface area (Å²) in [5.41, 5.74) is 3.84. The molecule has 35 heavy (non-hydrogen) atoms. The molecule has 4 rings (SSSR count). The number of hydrogen-bond donors (Lipinski definition) is 3. The molecule has 3 aromatic carbocycles. The number of fused-ring (bicyclic) bond motifs is 1. The molecule has 0 radical (unpaired) electrons. The summed E-state index contributed by atoms with van der Waals surface area (Å²) < 4.78 is 10.8. The van der Waals surface area contributed by atoms with Crippen LogP contribution in [0.15, 0.2) is 72.8 Å². The fourth-order valence-corrected chi connectivity index (χ4v) is 4.91. The molecule has 0 saturated heterocycles. The summed E-state index contributed by atoms with van der Waals surface area (Å²) in [6, 6.07) is 22.6. The van der Waals surface area contributed by atoms with Gasteiger partial charge >= 0.3 is 0 Å². The topological polar surface area (TPSA) is 88.0 Å². The molecule has 0 spiro atoms. The van der Waals surface area contributed by atoms with E-state index in [0.29, 0.717) is 30.8 Å². The summed E-state index contributed by atoms with van der Waals surface area (Å²) >= 11 is 0. The first-order chi connectivity index (χ1) is 17.0. The van der Waals surface area contributed by atoms with Crippen molar-refractivity contribution in [3.8, 4) is 11.5 Å². The van der Waals surface area contributed by atoms with Gasteiger partial charge in [0.15, 0.2) is 0 Å². The highest BCUT2D eigenvalue weighted by atomic mass is 16.5. The van der Waals surface area contributed by atoms with Gasteiger partial charge in [-0.05, 0) is 47.7 Å². The Morgan fingerprint density at radius 2 is 1.74 bits per heavy atom. The highest BCUT2D eigenvalue weighted by Gasteiger charge is 2.34. The van der Waals surface area contributed by atoms with E-state index in [1.807, 2.05) is 72.8 Å². The summed E-state index contributed by atoms with van der Waals surface area (Å²) in [5.74, 6) is 0.704. The zero-order chi connectivity index (χ0) is 24.8. The Balaban J connectivity index is 1.51. The molecule has 4 atom stereocenters. The van der Waals surface area contributed by atoms with Crippen LogP contribution in [-0.2, 0) is 24.1 Å². The van der Waals surface area contributed by atoms with Gasteiger partial charge in [0.1, 0.15) is 11.5 Å². The zero-order valence-corrected chi connectivity index (χ0v) is 20.2. The number of benzene rings is 3. The molecule has 6 heteroatoms. The number of aliphatic hydroxyl groups excluding tert-OH is 2. The standard InChI is InChI=1S/C29H33NO5/c1-34-24-12-13-27(35-2)21(17-24)15-23(31)16-22(14-19-8-4-3-5-9-19)29(33)30-28-25-11-7-6-10-20(25)18-26(28)32/h3-13,17,22-23,26,28,31-32H,14-16,18H2,1-2H3,(H,30,33)/t22-,23+,26+,28-/m0/s1. The van der Waals surface area contributed by atoms with E-state index in [1.54, 1.807) is 14.2 Å². The third-order valence-corrected chi connectivity index (χ3v) is 6.70. The molecular weight excluding hydrogens is 442 g/mol. The maximum Gasteiger partial charge on any atom is 0.224 e. The molecule has 0 aliphatic heterocycles. The lowest BCUT2D eigenvalue weighted by Crippen LogP contribution is -2.39. The number of hydrogen-bond acceptors (Lipinski definition) is 5. The molecule has 1 amide bonds. The molecule has 0 unspecified atom stereocenters. The largest absolute Gasteiger partial charge is 0.497 e. The molecule has 0 bridgehead atoms. The fourth-order valence-electron chi connectivity index (χ4n) is 4.91. The van der Waals surface area contributed by atoms with Gasteiger partial charge in [0.05, 0.1) is 32.5 Å². The number of carbonyl (C=O) groups is 1. The Hall–Kier alpha value is -3.35. The third-order valence-electron chi connectivity index (χ3n) is 6.70. The van der Waals surface area contributed by atoms with Crippen LogP contribution in [0, 0.1) is 5.92 Å². The summed E-state index contributed by atoms with van der Waals surface area (Å²) in [5, 5.41) is 24.7. The van der Waals surface area contributed by atoms with Gasteiger partial charge in [0, 0.05) is 24.3 Å². The van der Waals surface area contributed by atoms with Crippen LogP contribution in [0.5, 0.6) is 11.5 Å². The normalized spacial score (nSPS) is 18.4. The van der Waals surface area contributed by atoms with Crippen LogP contribution < -0.4 is 14.8 Å². The monoisotopic (exact) mass is 475 g/mol. The molecule has 1 aliphatic rings. The summed E-state index contributed by atoms with van der Waals surface area (Å²) in [6.45, 7) is 0. The van der Waals surface area contributed by atoms with Gasteiger partial charge in [-0.25, -0.2) is 0 Å². The van der Waals surface area contributed by atoms with Gasteiger partial charge in [-0.1, -0.05) is 54.6 Å². The second kappa shape index (κ2) is 11.4. The van der Waals surface area contributed by atoms with Gasteiger partial charge in [0.2, 0.25) is 5.91 Å². The average Bonchev–Trinajstić information content (AvgIpc) is 3.18. The highest BCUT2D eigenvalue weighted by molar-refractivity contribution is 5.80. The molecule has 1 aliphatic carbocycles. The van der Waals surface area contributed by atoms with Gasteiger partial charge in [-0.15, -0.1) is 0 Å². The van der Waals surface area contributed by atoms with E-state index in [4.69, 9.17) is 9.47 Å². The molecule has 0 heterocycles. The van der Waals surface area contributed by atoms with E-state index in [-0.39, 0.29) is 12.3 Å². The van der Waals surface area contributed by atoms with Crippen LogP contribution >= 0.6 is 0 Å². The summed E-state index contributed by atoms with van der Waals surface area (Å²) in [7, 11) is 3.19. The Morgan fingerprint density at radius 3 is 2.49 bits per heavy atom. The molecule has 3 aromatic rings. The number of nitrogens with one attached hydrogen (secondary N) is 1. The lowest BCUT2D eigenvalue weighted by molar-refractivity contribution is -0.127. The summed E-state index contributed by atoms with van der Waals surface area (Å²) in [4.78, 5) is 13.5. The van der Waals surface area contributed by atoms with Crippen molar-refractivity contribution < 1.29 is 24.5 Å². The highest BCUT2D eigenvalue weighted by Crippen LogP contribution is 2.32. The molecule has 3 N–H and O–H groups in total. The van der Waals surface area contributed by atoms with Crippen molar-refractivity contribution in [2.24, 2.45) is 5.92 Å². The summed E-state index contributed by atoms with van der Waals surface area (Å²) in [6.07, 6.45) is 0.168. The van der Waals surface area contributed by atoms with Crippen molar-refractivity contribution in [3.05, 3.63) is 95.1 Å². The van der Waals surface area contributed by atoms with Crippen molar-refractivity contribution in [2.45, 2.75) is 43.9 Å². The smallest absolute Gasteiger partial charge is 0.224 e. The van der Waals surface area contributed by atoms with Crippen LogP contribution in [0.4, 0.5) is 0 Å². The average molecular weight is 476 g/mol. The number of aliphatic hydroxyl groups is 2. The maximum absolute atomic E-state index is 13.5. The van der Waals surface area contributed by atoms with E-state index in [9.17, 15) is 15.0 Å². The zero-order valence-electron chi connectivity index (χ0n) is 20.2. The van der Waals surface area contributed by atoms with Crippen LogP contribution in [0.2, 0.25) is 0 Å². The van der Waals surface area contributed by atoms with Gasteiger partial charge in [-0.3, -0.25) is 4.79 Å². The number of amides is 1. The van der Waals surface area contributed by atoms with Crippen molar-refractivity contribution in [1.29, 1.82) is 0 Å². The number of carbonyl (C=O) groups excluding carboxylic acids is 1. The number of methoxy groups -OCH3 is 2. The fraction of sp³-hybridized carbons (Fsp3) is 0.345. The molecule has 184 valence electrons. The first-order valence-corrected chi connectivity index (χ1v) is 12.0. The minimum atomic E-state index is -0.767. The quantitative estimate of drug-likeness (QED) is 0.417. The van der Waals surface area contributed by atoms with E-state index in [0.717, 1.165) is 22.3 Å². The molecule has 0 aromatic heterocycles. The second-order valence-corrected chi connectivity index (χ2v) is 9.11. The third kappa shape index (κ3) is 6.02. The second-order valence-electron chi connectivity index (χ2n) is 9.11. The Morgan fingerprint density at radius 1 is 1.00 bits per heavy atom. The van der Waals surface area contributed by atoms with Crippen LogP contribution in [0.25, 0.3) is 0 Å². The lowest BCUT2D eigenvalue weighted by Gasteiger charge is -2.25. The maximum atomic E-state index is 13.5. The minimum Gasteiger partial charge on any atom is -0.497 e. The van der Waals surface area contributed by atoms with Gasteiger partial charge < -0.3 is 25.0 Å². The van der Waals surface area contributed by atoms with Gasteiger partial charge in [0.25, 0.3) is 0 Å². The molecule has 6 nitrogen and oxygen atoms in total. The predicted octanol–water partition coefficient (Wildman–Crippen LogP) is 3.63. The number of ether oxygens (including phenoxy) is 2. The molecule has 0 fully saturated rings. The van der Waals surface area contributed by atoms with E-state index >= 15 is 0 Å². The Kier molecular flexibility index (Phi) is 8.06. The molecule has 0 saturated carbocycles. The van der Waals surface area contributed by atoms with E-state index in [1.165, 1.54) is 0 Å². The predicted molar refractivity (Wildman–Crippen MR) is 135 cm³/mol. The number of rotatable bonds is 10. The SMILES string of the molecule is COc1ccc(OC)c(C[C@@H](O)C[C@H](Cc2ccccc2)C(=O)N[C@H]2c3ccccc3C[C@H]2O)c1. The first-order valence-electron chi connectivity index (χ1n) is 12.0. The Bertz CT molecular complexity index is 1130. The van der Waals surface area contributed by atoms with Crippen molar-refractivity contribution in [2.75, 3.05) is 14.2 Å². The minimum absolute atomic E-state index is 0.175. The van der Waals surface area contributed by atoms with Crippen molar-refractivity contribution >= 4 is 5.91 Å². The first kappa shape index (κ1) is 24.8. The van der Waals surface area contributed by atoms with Crippen molar-refractivity contribution in [1.82, 2.24) is 5.32 Å². The van der Waals surface area contributed by atoms with E-state index in [2.05, 4.69) is 5.32 Å². The van der Waals surface area contributed by atoms with Crippen LogP contribution in [-0.4, -0.2) is 42.5 Å².